The minimum absolute atomic E-state index is 0.130. The van der Waals surface area contributed by atoms with Crippen LogP contribution in [0.2, 0.25) is 0 Å². The topological polar surface area (TPSA) is 95.9 Å². The molecule has 3 aromatic carbocycles. The van der Waals surface area contributed by atoms with Crippen molar-refractivity contribution in [1.29, 1.82) is 0 Å². The van der Waals surface area contributed by atoms with Gasteiger partial charge in [-0.3, -0.25) is 9.69 Å². The van der Waals surface area contributed by atoms with E-state index >= 15 is 0 Å². The molecule has 1 saturated heterocycles. The van der Waals surface area contributed by atoms with Crippen molar-refractivity contribution in [2.24, 2.45) is 0 Å². The summed E-state index contributed by atoms with van der Waals surface area (Å²) < 4.78 is 31.3. The van der Waals surface area contributed by atoms with E-state index < -0.39 is 9.84 Å². The van der Waals surface area contributed by atoms with E-state index in [1.165, 1.54) is 0 Å². The summed E-state index contributed by atoms with van der Waals surface area (Å²) in [5, 5.41) is 12.5. The molecule has 0 radical (unpaired) electrons. The maximum absolute atomic E-state index is 13.2. The minimum Gasteiger partial charge on any atom is -0.508 e. The highest BCUT2D eigenvalue weighted by atomic mass is 32.2. The van der Waals surface area contributed by atoms with Crippen molar-refractivity contribution < 1.29 is 23.1 Å². The van der Waals surface area contributed by atoms with Gasteiger partial charge in [0.05, 0.1) is 10.6 Å². The van der Waals surface area contributed by atoms with Crippen LogP contribution in [0, 0.1) is 0 Å². The second kappa shape index (κ2) is 11.1. The summed E-state index contributed by atoms with van der Waals surface area (Å²) in [6.45, 7) is 2.43. The quantitative estimate of drug-likeness (QED) is 0.470. The molecule has 0 aliphatic carbocycles. The molecule has 0 unspecified atom stereocenters. The van der Waals surface area contributed by atoms with Crippen LogP contribution in [0.3, 0.4) is 0 Å². The van der Waals surface area contributed by atoms with Gasteiger partial charge < -0.3 is 15.2 Å². The van der Waals surface area contributed by atoms with Crippen molar-refractivity contribution >= 4 is 27.5 Å². The lowest BCUT2D eigenvalue weighted by Crippen LogP contribution is -2.36. The molecule has 198 valence electrons. The number of benzene rings is 3. The van der Waals surface area contributed by atoms with Gasteiger partial charge in [-0.05, 0) is 91.0 Å². The van der Waals surface area contributed by atoms with Gasteiger partial charge in [0, 0.05) is 37.1 Å². The summed E-state index contributed by atoms with van der Waals surface area (Å²) in [4.78, 5) is 15.7. The molecule has 1 fully saturated rings. The number of hydrogen-bond acceptors (Lipinski definition) is 6. The van der Waals surface area contributed by atoms with Crippen molar-refractivity contribution in [2.75, 3.05) is 31.3 Å². The Morgan fingerprint density at radius 2 is 1.68 bits per heavy atom. The van der Waals surface area contributed by atoms with Crippen LogP contribution in [0.1, 0.15) is 30.4 Å². The van der Waals surface area contributed by atoms with E-state index in [1.54, 1.807) is 48.5 Å². The molecule has 1 amide bonds. The number of amides is 1. The highest BCUT2D eigenvalue weighted by Crippen LogP contribution is 2.31. The fraction of sp³-hybridized carbons (Fsp3) is 0.300. The van der Waals surface area contributed by atoms with Crippen LogP contribution >= 0.6 is 0 Å². The van der Waals surface area contributed by atoms with E-state index in [4.69, 9.17) is 4.74 Å². The highest BCUT2D eigenvalue weighted by Gasteiger charge is 2.25. The number of nitrogens with one attached hydrogen (secondary N) is 1. The first kappa shape index (κ1) is 26.2. The summed E-state index contributed by atoms with van der Waals surface area (Å²) in [5.74, 6) is -0.283. The third-order valence-electron chi connectivity index (χ3n) is 7.26. The summed E-state index contributed by atoms with van der Waals surface area (Å²) in [5.41, 5.74) is 4.38. The molecule has 2 heterocycles. The molecule has 2 aliphatic heterocycles. The number of fused-ring (bicyclic) bond motifs is 1. The van der Waals surface area contributed by atoms with E-state index in [1.807, 2.05) is 24.3 Å². The van der Waals surface area contributed by atoms with Crippen LogP contribution in [-0.2, 0) is 25.9 Å². The number of phenolic OH excluding ortho intramolecular Hbond substituents is 1. The van der Waals surface area contributed by atoms with Crippen molar-refractivity contribution in [3.63, 3.8) is 0 Å². The number of sulfone groups is 1. The third kappa shape index (κ3) is 5.99. The normalized spacial score (nSPS) is 17.4. The molecule has 0 atom stereocenters. The molecule has 8 heteroatoms. The van der Waals surface area contributed by atoms with Crippen molar-refractivity contribution in [2.45, 2.75) is 36.7 Å². The first-order valence-electron chi connectivity index (χ1n) is 12.8. The molecule has 7 nitrogen and oxygen atoms in total. The second-order valence-corrected chi connectivity index (χ2v) is 12.0. The number of ether oxygens (including phenoxy) is 1. The lowest BCUT2D eigenvalue weighted by atomic mass is 10.0. The van der Waals surface area contributed by atoms with E-state index in [2.05, 4.69) is 17.3 Å². The Hall–Kier alpha value is -3.46. The molecular weight excluding hydrogens is 500 g/mol. The van der Waals surface area contributed by atoms with Gasteiger partial charge in [0.25, 0.3) is 5.91 Å². The fourth-order valence-corrected chi connectivity index (χ4v) is 6.48. The van der Waals surface area contributed by atoms with Crippen LogP contribution in [0.5, 0.6) is 5.75 Å². The van der Waals surface area contributed by atoms with Gasteiger partial charge in [0.1, 0.15) is 5.75 Å². The number of phenols is 1. The van der Waals surface area contributed by atoms with Crippen molar-refractivity contribution in [3.8, 4) is 16.9 Å². The van der Waals surface area contributed by atoms with Gasteiger partial charge in [-0.25, -0.2) is 8.42 Å². The Morgan fingerprint density at radius 3 is 2.39 bits per heavy atom. The summed E-state index contributed by atoms with van der Waals surface area (Å²) in [6.07, 6.45) is 3.88. The van der Waals surface area contributed by atoms with E-state index in [0.29, 0.717) is 22.9 Å². The number of carbonyl (C=O) groups excluding carboxylic acids is 1. The molecule has 0 aromatic heterocycles. The maximum Gasteiger partial charge on any atom is 0.251 e. The standard InChI is InChI=1S/C30H32N2O5S/c1-32(27-12-15-37-16-13-27)20-21-2-7-26(8-3-21)31-30(34)24-14-17-38(35,36)29-11-6-23(18-25(29)19-24)22-4-9-28(33)10-5-22/h2-11,18-19,27,33H,12-17,20H2,1H3,(H,31,34). The van der Waals surface area contributed by atoms with Crippen LogP contribution in [0.25, 0.3) is 17.2 Å². The van der Waals surface area contributed by atoms with Gasteiger partial charge >= 0.3 is 0 Å². The predicted molar refractivity (Wildman–Crippen MR) is 149 cm³/mol. The lowest BCUT2D eigenvalue weighted by molar-refractivity contribution is -0.112. The number of nitrogens with zero attached hydrogens (tertiary/aromatic N) is 1. The fourth-order valence-electron chi connectivity index (χ4n) is 5.02. The Bertz CT molecular complexity index is 1440. The number of hydrogen-bond donors (Lipinski definition) is 2. The van der Waals surface area contributed by atoms with Gasteiger partial charge in [-0.2, -0.15) is 0 Å². The van der Waals surface area contributed by atoms with Gasteiger partial charge in [-0.1, -0.05) is 30.3 Å². The Balaban J connectivity index is 1.32. The van der Waals surface area contributed by atoms with Crippen LogP contribution in [-0.4, -0.2) is 56.4 Å². The molecule has 2 N–H and O–H groups in total. The largest absolute Gasteiger partial charge is 0.508 e. The van der Waals surface area contributed by atoms with Gasteiger partial charge in [0.2, 0.25) is 0 Å². The average Bonchev–Trinajstić information content (AvgIpc) is 3.06. The predicted octanol–water partition coefficient (Wildman–Crippen LogP) is 4.87. The molecule has 2 aliphatic rings. The Morgan fingerprint density at radius 1 is 1.00 bits per heavy atom. The van der Waals surface area contributed by atoms with Gasteiger partial charge in [-0.15, -0.1) is 0 Å². The lowest BCUT2D eigenvalue weighted by Gasteiger charge is -2.31. The minimum atomic E-state index is -3.53. The third-order valence-corrected chi connectivity index (χ3v) is 9.05. The van der Waals surface area contributed by atoms with Crippen molar-refractivity contribution in [3.05, 3.63) is 83.4 Å². The molecule has 0 saturated carbocycles. The monoisotopic (exact) mass is 532 g/mol. The summed E-state index contributed by atoms with van der Waals surface area (Å²) in [7, 11) is -1.41. The molecule has 0 spiro atoms. The van der Waals surface area contributed by atoms with Crippen LogP contribution < -0.4 is 5.32 Å². The highest BCUT2D eigenvalue weighted by molar-refractivity contribution is 7.91. The zero-order valence-electron chi connectivity index (χ0n) is 21.4. The Kier molecular flexibility index (Phi) is 7.65. The van der Waals surface area contributed by atoms with Crippen LogP contribution in [0.15, 0.2) is 77.2 Å². The molecule has 0 bridgehead atoms. The maximum atomic E-state index is 13.2. The molecule has 5 rings (SSSR count). The summed E-state index contributed by atoms with van der Waals surface area (Å²) >= 11 is 0. The number of carbonyl (C=O) groups is 1. The first-order chi connectivity index (χ1) is 18.3. The second-order valence-electron chi connectivity index (χ2n) is 9.95. The van der Waals surface area contributed by atoms with E-state index in [0.717, 1.165) is 49.3 Å². The SMILES string of the molecule is CN(Cc1ccc(NC(=O)C2=Cc3cc(-c4ccc(O)cc4)ccc3S(=O)(=O)CC2)cc1)C1CCOCC1. The molecule has 3 aromatic rings. The molecular formula is C30H32N2O5S. The number of rotatable bonds is 6. The molecule has 38 heavy (non-hydrogen) atoms. The summed E-state index contributed by atoms with van der Waals surface area (Å²) in [6, 6.07) is 20.1. The van der Waals surface area contributed by atoms with Crippen LogP contribution in [0.4, 0.5) is 5.69 Å². The van der Waals surface area contributed by atoms with E-state index in [-0.39, 0.29) is 28.7 Å². The number of aromatic hydroxyl groups is 1. The average molecular weight is 533 g/mol. The van der Waals surface area contributed by atoms with Gasteiger partial charge in [0.15, 0.2) is 9.84 Å². The zero-order valence-corrected chi connectivity index (χ0v) is 22.2. The first-order valence-corrected chi connectivity index (χ1v) is 14.5. The number of anilines is 1. The van der Waals surface area contributed by atoms with E-state index in [9.17, 15) is 18.3 Å². The smallest absolute Gasteiger partial charge is 0.251 e. The Labute approximate surface area is 223 Å². The zero-order chi connectivity index (χ0) is 26.7. The van der Waals surface area contributed by atoms with Crippen molar-refractivity contribution in [1.82, 2.24) is 4.90 Å².